The summed E-state index contributed by atoms with van der Waals surface area (Å²) in [5, 5.41) is 11.4. The van der Waals surface area contributed by atoms with Crippen LogP contribution in [0.1, 0.15) is 48.2 Å². The number of carbonyl (C=O) groups is 1. The second-order valence-electron chi connectivity index (χ2n) is 9.32. The molecule has 0 bridgehead atoms. The topological polar surface area (TPSA) is 89.6 Å². The molecule has 3 aromatic rings. The maximum Gasteiger partial charge on any atom is 0.363 e. The molecule has 0 amide bonds. The van der Waals surface area contributed by atoms with Crippen LogP contribution in [0.15, 0.2) is 68.6 Å². The first-order valence-electron chi connectivity index (χ1n) is 11.5. The van der Waals surface area contributed by atoms with Gasteiger partial charge in [-0.25, -0.2) is 14.6 Å². The normalized spacial score (nSPS) is 16.5. The van der Waals surface area contributed by atoms with Gasteiger partial charge in [0.2, 0.25) is 0 Å². The lowest BCUT2D eigenvalue weighted by Crippen LogP contribution is -2.23. The maximum absolute atomic E-state index is 13.6. The van der Waals surface area contributed by atoms with Crippen LogP contribution < -0.4 is 10.4 Å². The van der Waals surface area contributed by atoms with Crippen LogP contribution in [0.2, 0.25) is 0 Å². The second-order valence-corrected chi connectivity index (χ2v) is 9.32. The summed E-state index contributed by atoms with van der Waals surface area (Å²) in [5.41, 5.74) is 4.78. The molecule has 1 aromatic heterocycles. The number of rotatable bonds is 4. The molecule has 6 heteroatoms. The molecule has 0 spiro atoms. The highest BCUT2D eigenvalue weighted by Gasteiger charge is 2.31. The Kier molecular flexibility index (Phi) is 6.48. The quantitative estimate of drug-likeness (QED) is 0.211. The predicted octanol–water partition coefficient (Wildman–Crippen LogP) is 6.21. The minimum atomic E-state index is -0.858. The highest BCUT2D eigenvalue weighted by Crippen LogP contribution is 2.34. The lowest BCUT2D eigenvalue weighted by molar-refractivity contribution is -0.128. The van der Waals surface area contributed by atoms with Crippen LogP contribution in [0.25, 0.3) is 16.7 Å². The number of esters is 1. The summed E-state index contributed by atoms with van der Waals surface area (Å²) in [6.45, 7) is 11.4. The van der Waals surface area contributed by atoms with Gasteiger partial charge in [-0.15, -0.1) is 0 Å². The van der Waals surface area contributed by atoms with E-state index in [4.69, 9.17) is 9.15 Å². The number of carbonyl (C=O) groups excluding carboxylic acids is 1. The van der Waals surface area contributed by atoms with Crippen LogP contribution in [-0.2, 0) is 4.79 Å². The number of fused-ring (bicyclic) bond motifs is 1. The number of hydrogen-bond donors (Lipinski definition) is 1. The number of allylic oxidation sites excluding steroid dienone is 4. The number of aryl methyl sites for hydroxylation is 4. The van der Waals surface area contributed by atoms with Gasteiger partial charge in [-0.1, -0.05) is 47.1 Å². The Bertz CT molecular complexity index is 1480. The van der Waals surface area contributed by atoms with Gasteiger partial charge in [0.1, 0.15) is 22.6 Å². The van der Waals surface area contributed by atoms with Gasteiger partial charge < -0.3 is 14.3 Å². The van der Waals surface area contributed by atoms with Gasteiger partial charge in [0.25, 0.3) is 0 Å². The molecule has 2 aromatic carbocycles. The van der Waals surface area contributed by atoms with E-state index >= 15 is 0 Å². The molecular weight excluding hydrogens is 442 g/mol. The second kappa shape index (κ2) is 9.37. The Morgan fingerprint density at radius 3 is 2.37 bits per heavy atom. The van der Waals surface area contributed by atoms with Crippen molar-refractivity contribution in [1.82, 2.24) is 4.98 Å². The SMILES string of the molecule is CC1=CCC(C(O)=C(C(=O)Oc2c(C)cc(C)cc2C)c2nc3cc(C)ccc3oc2=O)C(C)=C1. The summed E-state index contributed by atoms with van der Waals surface area (Å²) in [7, 11) is 0. The molecule has 1 heterocycles. The monoisotopic (exact) mass is 471 g/mol. The van der Waals surface area contributed by atoms with Gasteiger partial charge in [0.05, 0.1) is 0 Å². The van der Waals surface area contributed by atoms with E-state index in [1.54, 1.807) is 12.1 Å². The summed E-state index contributed by atoms with van der Waals surface area (Å²) < 4.78 is 11.3. The highest BCUT2D eigenvalue weighted by molar-refractivity contribution is 6.17. The maximum atomic E-state index is 13.6. The molecule has 0 saturated heterocycles. The molecule has 0 radical (unpaired) electrons. The minimum Gasteiger partial charge on any atom is -0.511 e. The Morgan fingerprint density at radius 1 is 1.03 bits per heavy atom. The average Bonchev–Trinajstić information content (AvgIpc) is 2.77. The first-order chi connectivity index (χ1) is 16.5. The molecule has 0 fully saturated rings. The van der Waals surface area contributed by atoms with Crippen LogP contribution in [0.5, 0.6) is 5.75 Å². The fraction of sp³-hybridized carbons (Fsp3) is 0.276. The number of aliphatic hydroxyl groups excluding tert-OH is 1. The largest absolute Gasteiger partial charge is 0.511 e. The third-order valence-corrected chi connectivity index (χ3v) is 6.25. The van der Waals surface area contributed by atoms with Crippen molar-refractivity contribution in [2.75, 3.05) is 0 Å². The molecule has 1 unspecified atom stereocenters. The number of benzene rings is 2. The summed E-state index contributed by atoms with van der Waals surface area (Å²) >= 11 is 0. The molecule has 6 nitrogen and oxygen atoms in total. The first-order valence-corrected chi connectivity index (χ1v) is 11.5. The molecule has 4 rings (SSSR count). The third-order valence-electron chi connectivity index (χ3n) is 6.25. The zero-order chi connectivity index (χ0) is 25.4. The van der Waals surface area contributed by atoms with Gasteiger partial charge in [-0.3, -0.25) is 0 Å². The minimum absolute atomic E-state index is 0.262. The first kappa shape index (κ1) is 24.2. The van der Waals surface area contributed by atoms with E-state index < -0.39 is 17.5 Å². The molecule has 0 aliphatic heterocycles. The smallest absolute Gasteiger partial charge is 0.363 e. The predicted molar refractivity (Wildman–Crippen MR) is 136 cm³/mol. The van der Waals surface area contributed by atoms with E-state index in [0.717, 1.165) is 33.4 Å². The molecule has 1 aliphatic rings. The molecule has 180 valence electrons. The average molecular weight is 472 g/mol. The summed E-state index contributed by atoms with van der Waals surface area (Å²) in [6.07, 6.45) is 4.41. The van der Waals surface area contributed by atoms with Crippen molar-refractivity contribution in [3.05, 3.63) is 97.8 Å². The van der Waals surface area contributed by atoms with Crippen LogP contribution in [0, 0.1) is 33.6 Å². The standard InChI is InChI=1S/C29H29NO5/c1-15-7-9-21(18(4)11-15)26(31)24(28(32)35-27-19(5)12-17(3)13-20(27)6)25-29(33)34-23-10-8-16(2)14-22(23)30-25/h7-8,10-14,21,31H,9H2,1-6H3. The lowest BCUT2D eigenvalue weighted by Gasteiger charge is -2.22. The van der Waals surface area contributed by atoms with Crippen LogP contribution in [-0.4, -0.2) is 16.1 Å². The highest BCUT2D eigenvalue weighted by atomic mass is 16.5. The van der Waals surface area contributed by atoms with Gasteiger partial charge in [0, 0.05) is 5.92 Å². The number of hydrogen-bond acceptors (Lipinski definition) is 6. The lowest BCUT2D eigenvalue weighted by atomic mass is 9.86. The van der Waals surface area contributed by atoms with Crippen molar-refractivity contribution < 1.29 is 19.1 Å². The molecule has 1 N–H and O–H groups in total. The van der Waals surface area contributed by atoms with Crippen molar-refractivity contribution in [1.29, 1.82) is 0 Å². The van der Waals surface area contributed by atoms with Crippen LogP contribution in [0.4, 0.5) is 0 Å². The summed E-state index contributed by atoms with van der Waals surface area (Å²) in [6, 6.07) is 9.04. The van der Waals surface area contributed by atoms with Crippen molar-refractivity contribution in [2.24, 2.45) is 5.92 Å². The summed E-state index contributed by atoms with van der Waals surface area (Å²) in [4.78, 5) is 31.1. The van der Waals surface area contributed by atoms with Crippen LogP contribution >= 0.6 is 0 Å². The van der Waals surface area contributed by atoms with E-state index in [-0.39, 0.29) is 17.0 Å². The van der Waals surface area contributed by atoms with Gasteiger partial charge >= 0.3 is 11.6 Å². The summed E-state index contributed by atoms with van der Waals surface area (Å²) in [5.74, 6) is -1.22. The molecule has 35 heavy (non-hydrogen) atoms. The van der Waals surface area contributed by atoms with Crippen LogP contribution in [0.3, 0.4) is 0 Å². The number of aromatic nitrogens is 1. The number of ether oxygens (including phenoxy) is 1. The van der Waals surface area contributed by atoms with E-state index in [9.17, 15) is 14.7 Å². The van der Waals surface area contributed by atoms with Crippen molar-refractivity contribution in [3.63, 3.8) is 0 Å². The number of nitrogens with zero attached hydrogens (tertiary/aromatic N) is 1. The van der Waals surface area contributed by atoms with Gasteiger partial charge in [0.15, 0.2) is 11.3 Å². The Hall–Kier alpha value is -3.93. The Labute approximate surface area is 204 Å². The fourth-order valence-electron chi connectivity index (χ4n) is 4.58. The fourth-order valence-corrected chi connectivity index (χ4v) is 4.58. The zero-order valence-electron chi connectivity index (χ0n) is 20.9. The van der Waals surface area contributed by atoms with Crippen molar-refractivity contribution >= 4 is 22.6 Å². The molecule has 1 aliphatic carbocycles. The van der Waals surface area contributed by atoms with Crippen molar-refractivity contribution in [3.8, 4) is 5.75 Å². The number of aliphatic hydroxyl groups is 1. The van der Waals surface area contributed by atoms with E-state index in [0.29, 0.717) is 23.3 Å². The van der Waals surface area contributed by atoms with Gasteiger partial charge in [-0.2, -0.15) is 0 Å². The van der Waals surface area contributed by atoms with Gasteiger partial charge in [-0.05, 0) is 76.8 Å². The zero-order valence-corrected chi connectivity index (χ0v) is 20.9. The van der Waals surface area contributed by atoms with E-state index in [2.05, 4.69) is 4.98 Å². The van der Waals surface area contributed by atoms with Crippen molar-refractivity contribution in [2.45, 2.75) is 48.0 Å². The Morgan fingerprint density at radius 2 is 1.71 bits per heavy atom. The van der Waals surface area contributed by atoms with E-state index in [1.807, 2.05) is 71.9 Å². The molecule has 0 saturated carbocycles. The molecule has 1 atom stereocenters. The third kappa shape index (κ3) is 4.83. The Balaban J connectivity index is 1.91. The molecular formula is C29H29NO5. The van der Waals surface area contributed by atoms with E-state index in [1.165, 1.54) is 0 Å².